The van der Waals surface area contributed by atoms with Crippen molar-refractivity contribution in [3.8, 4) is 0 Å². The van der Waals surface area contributed by atoms with Gasteiger partial charge in [0.1, 0.15) is 11.5 Å². The first-order valence-electron chi connectivity index (χ1n) is 11.7. The van der Waals surface area contributed by atoms with E-state index in [9.17, 15) is 9.59 Å². The summed E-state index contributed by atoms with van der Waals surface area (Å²) < 4.78 is 6.05. The Balaban J connectivity index is 1.37. The van der Waals surface area contributed by atoms with Gasteiger partial charge in [-0.1, -0.05) is 31.2 Å². The van der Waals surface area contributed by atoms with Crippen molar-refractivity contribution in [3.63, 3.8) is 0 Å². The third-order valence-corrected chi connectivity index (χ3v) is 6.71. The van der Waals surface area contributed by atoms with Crippen LogP contribution in [0.1, 0.15) is 70.5 Å². The summed E-state index contributed by atoms with van der Waals surface area (Å²) in [5, 5.41) is 5.41. The largest absolute Gasteiger partial charge is 0.455 e. The fourth-order valence-electron chi connectivity index (χ4n) is 4.71. The second-order valence-electron chi connectivity index (χ2n) is 9.07. The third kappa shape index (κ3) is 4.15. The number of benzene rings is 1. The summed E-state index contributed by atoms with van der Waals surface area (Å²) in [6.07, 6.45) is 4.38. The van der Waals surface area contributed by atoms with Crippen molar-refractivity contribution in [2.75, 3.05) is 13.1 Å². The number of furan rings is 1. The second-order valence-corrected chi connectivity index (χ2v) is 9.07. The Morgan fingerprint density at radius 1 is 1.12 bits per heavy atom. The lowest BCUT2D eigenvalue weighted by Crippen LogP contribution is -2.38. The van der Waals surface area contributed by atoms with E-state index in [1.54, 1.807) is 6.07 Å². The molecule has 0 radical (unpaired) electrons. The molecule has 2 aliphatic rings. The number of amides is 2. The maximum atomic E-state index is 13.1. The molecule has 0 saturated carbocycles. The van der Waals surface area contributed by atoms with Crippen LogP contribution < -0.4 is 5.43 Å². The summed E-state index contributed by atoms with van der Waals surface area (Å²) in [5.74, 6) is 1.44. The van der Waals surface area contributed by atoms with Gasteiger partial charge in [-0.2, -0.15) is 5.10 Å². The van der Waals surface area contributed by atoms with Crippen molar-refractivity contribution in [1.82, 2.24) is 15.3 Å². The van der Waals surface area contributed by atoms with Gasteiger partial charge >= 0.3 is 0 Å². The number of hydrogen-bond donors (Lipinski definition) is 1. The number of likely N-dealkylation sites (tertiary alicyclic amines) is 1. The van der Waals surface area contributed by atoms with Crippen LogP contribution in [0.25, 0.3) is 10.9 Å². The molecule has 0 bridgehead atoms. The molecule has 3 aromatic rings. The molecular weight excluding hydrogens is 416 g/mol. The van der Waals surface area contributed by atoms with Gasteiger partial charge in [-0.05, 0) is 50.7 Å². The molecule has 1 aliphatic carbocycles. The quantitative estimate of drug-likeness (QED) is 0.604. The zero-order valence-corrected chi connectivity index (χ0v) is 19.1. The number of hydrazone groups is 1. The Hall–Kier alpha value is -3.48. The van der Waals surface area contributed by atoms with Crippen LogP contribution in [-0.4, -0.2) is 40.5 Å². The fourth-order valence-corrected chi connectivity index (χ4v) is 4.71. The van der Waals surface area contributed by atoms with E-state index >= 15 is 0 Å². The molecule has 3 heterocycles. The van der Waals surface area contributed by atoms with Crippen LogP contribution in [0.4, 0.5) is 0 Å². The van der Waals surface area contributed by atoms with Gasteiger partial charge in [0.25, 0.3) is 11.8 Å². The van der Waals surface area contributed by atoms with Gasteiger partial charge in [0.05, 0.1) is 11.2 Å². The minimum absolute atomic E-state index is 0.0439. The van der Waals surface area contributed by atoms with Gasteiger partial charge in [-0.15, -0.1) is 0 Å². The highest BCUT2D eigenvalue weighted by molar-refractivity contribution is 6.07. The second kappa shape index (κ2) is 8.81. The van der Waals surface area contributed by atoms with Crippen molar-refractivity contribution in [1.29, 1.82) is 0 Å². The first-order chi connectivity index (χ1) is 16.0. The van der Waals surface area contributed by atoms with Gasteiger partial charge in [0, 0.05) is 36.0 Å². The van der Waals surface area contributed by atoms with Crippen LogP contribution in [0.3, 0.4) is 0 Å². The van der Waals surface area contributed by atoms with E-state index in [4.69, 9.17) is 4.42 Å². The third-order valence-electron chi connectivity index (χ3n) is 6.71. The number of aromatic nitrogens is 1. The minimum Gasteiger partial charge on any atom is -0.455 e. The summed E-state index contributed by atoms with van der Waals surface area (Å²) in [6, 6.07) is 11.2. The number of piperidine rings is 1. The molecule has 1 aliphatic heterocycles. The number of carbonyl (C=O) groups is 2. The summed E-state index contributed by atoms with van der Waals surface area (Å²) in [6.45, 7) is 5.67. The maximum absolute atomic E-state index is 13.1. The molecule has 33 heavy (non-hydrogen) atoms. The number of hydrogen-bond acceptors (Lipinski definition) is 5. The van der Waals surface area contributed by atoms with Gasteiger partial charge in [0.15, 0.2) is 5.76 Å². The zero-order valence-electron chi connectivity index (χ0n) is 19.1. The SMILES string of the molecule is Cc1c(C(=O)N2CCC(C)CC2)oc2c1/C(=N/NC(=O)c1ccc3ccccc3n1)CCC2. The number of nitrogens with zero attached hydrogens (tertiary/aromatic N) is 3. The molecule has 1 fully saturated rings. The Morgan fingerprint density at radius 3 is 2.73 bits per heavy atom. The van der Waals surface area contributed by atoms with Crippen LogP contribution in [0.15, 0.2) is 45.9 Å². The van der Waals surface area contributed by atoms with Gasteiger partial charge in [-0.25, -0.2) is 10.4 Å². The number of pyridine rings is 1. The van der Waals surface area contributed by atoms with E-state index in [0.717, 1.165) is 72.3 Å². The highest BCUT2D eigenvalue weighted by atomic mass is 16.4. The lowest BCUT2D eigenvalue weighted by atomic mass is 9.93. The van der Waals surface area contributed by atoms with Gasteiger partial charge in [0.2, 0.25) is 0 Å². The Labute approximate surface area is 192 Å². The average molecular weight is 445 g/mol. The number of carbonyl (C=O) groups excluding carboxylic acids is 2. The molecule has 170 valence electrons. The molecule has 0 spiro atoms. The Kier molecular flexibility index (Phi) is 5.70. The standard InChI is InChI=1S/C26H28N4O3/c1-16-12-14-30(15-13-16)26(32)24-17(2)23-20(8-5-9-22(23)33-24)28-29-25(31)21-11-10-18-6-3-4-7-19(18)27-21/h3-4,6-7,10-11,16H,5,8-9,12-15H2,1-2H3,(H,29,31)/b28-20+. The molecule has 7 nitrogen and oxygen atoms in total. The molecule has 1 aromatic carbocycles. The maximum Gasteiger partial charge on any atom is 0.289 e. The number of fused-ring (bicyclic) bond motifs is 2. The van der Waals surface area contributed by atoms with Crippen LogP contribution in [0.5, 0.6) is 0 Å². The fraction of sp³-hybridized carbons (Fsp3) is 0.385. The van der Waals surface area contributed by atoms with Crippen molar-refractivity contribution in [3.05, 3.63) is 64.7 Å². The zero-order chi connectivity index (χ0) is 22.9. The highest BCUT2D eigenvalue weighted by Crippen LogP contribution is 2.31. The summed E-state index contributed by atoms with van der Waals surface area (Å²) in [7, 11) is 0. The molecule has 1 N–H and O–H groups in total. The molecule has 0 atom stereocenters. The van der Waals surface area contributed by atoms with Crippen molar-refractivity contribution in [2.45, 2.75) is 46.0 Å². The van der Waals surface area contributed by atoms with E-state index in [0.29, 0.717) is 23.8 Å². The lowest BCUT2D eigenvalue weighted by Gasteiger charge is -2.29. The number of para-hydroxylation sites is 1. The number of rotatable bonds is 3. The van der Waals surface area contributed by atoms with Crippen molar-refractivity contribution in [2.24, 2.45) is 11.0 Å². The normalized spacial score (nSPS) is 17.9. The topological polar surface area (TPSA) is 87.8 Å². The molecule has 7 heteroatoms. The lowest BCUT2D eigenvalue weighted by molar-refractivity contribution is 0.0662. The monoisotopic (exact) mass is 444 g/mol. The van der Waals surface area contributed by atoms with Crippen molar-refractivity contribution < 1.29 is 14.0 Å². The highest BCUT2D eigenvalue weighted by Gasteiger charge is 2.31. The predicted molar refractivity (Wildman–Crippen MR) is 126 cm³/mol. The molecular formula is C26H28N4O3. The van der Waals surface area contributed by atoms with E-state index in [2.05, 4.69) is 22.4 Å². The number of aryl methyl sites for hydroxylation is 1. The summed E-state index contributed by atoms with van der Waals surface area (Å²) >= 11 is 0. The average Bonchev–Trinajstić information content (AvgIpc) is 3.19. The summed E-state index contributed by atoms with van der Waals surface area (Å²) in [5.41, 5.74) is 6.15. The minimum atomic E-state index is -0.361. The van der Waals surface area contributed by atoms with Crippen molar-refractivity contribution >= 4 is 28.4 Å². The van der Waals surface area contributed by atoms with E-state index < -0.39 is 0 Å². The molecule has 2 amide bonds. The Morgan fingerprint density at radius 2 is 1.91 bits per heavy atom. The van der Waals surface area contributed by atoms with Crippen LogP contribution in [-0.2, 0) is 6.42 Å². The molecule has 5 rings (SSSR count). The van der Waals surface area contributed by atoms with Crippen LogP contribution >= 0.6 is 0 Å². The van der Waals surface area contributed by atoms with Crippen LogP contribution in [0, 0.1) is 12.8 Å². The first kappa shape index (κ1) is 21.4. The molecule has 0 unspecified atom stereocenters. The van der Waals surface area contributed by atoms with E-state index in [-0.39, 0.29) is 11.8 Å². The molecule has 1 saturated heterocycles. The van der Waals surface area contributed by atoms with Crippen LogP contribution in [0.2, 0.25) is 0 Å². The van der Waals surface area contributed by atoms with Gasteiger partial charge in [-0.3, -0.25) is 9.59 Å². The smallest absolute Gasteiger partial charge is 0.289 e. The van der Waals surface area contributed by atoms with Gasteiger partial charge < -0.3 is 9.32 Å². The first-order valence-corrected chi connectivity index (χ1v) is 11.7. The summed E-state index contributed by atoms with van der Waals surface area (Å²) in [4.78, 5) is 32.2. The number of nitrogens with one attached hydrogen (secondary N) is 1. The molecule has 2 aromatic heterocycles. The van der Waals surface area contributed by atoms with E-state index in [1.165, 1.54) is 0 Å². The van der Waals surface area contributed by atoms with E-state index in [1.807, 2.05) is 42.2 Å². The predicted octanol–water partition coefficient (Wildman–Crippen LogP) is 4.48. The Bertz CT molecular complexity index is 1250.